The number of hydrogen-bond acceptors (Lipinski definition) is 5. The summed E-state index contributed by atoms with van der Waals surface area (Å²) in [6, 6.07) is 19.3. The predicted molar refractivity (Wildman–Crippen MR) is 110 cm³/mol. The van der Waals surface area contributed by atoms with Crippen molar-refractivity contribution in [3.8, 4) is 22.9 Å². The second kappa shape index (κ2) is 7.52. The number of hydrogen-bond donors (Lipinski definition) is 2. The Labute approximate surface area is 163 Å². The minimum atomic E-state index is 0.134. The first-order valence-corrected chi connectivity index (χ1v) is 8.89. The number of nitrogens with zero attached hydrogens (tertiary/aromatic N) is 2. The number of benzene rings is 3. The van der Waals surface area contributed by atoms with Crippen LogP contribution in [0.2, 0.25) is 0 Å². The third-order valence-corrected chi connectivity index (χ3v) is 4.62. The molecule has 0 atom stereocenters. The Morgan fingerprint density at radius 1 is 1.00 bits per heavy atom. The second-order valence-electron chi connectivity index (χ2n) is 6.38. The number of methoxy groups -OCH3 is 2. The molecule has 1 aromatic heterocycles. The highest BCUT2D eigenvalue weighted by Crippen LogP contribution is 2.27. The van der Waals surface area contributed by atoms with Gasteiger partial charge in [-0.3, -0.25) is 4.57 Å². The van der Waals surface area contributed by atoms with Crippen LogP contribution in [0.3, 0.4) is 0 Å². The van der Waals surface area contributed by atoms with Gasteiger partial charge >= 0.3 is 0 Å². The summed E-state index contributed by atoms with van der Waals surface area (Å²) in [5.41, 5.74) is 4.82. The Balaban J connectivity index is 1.55. The molecular formula is C22H21N3O3. The molecule has 0 unspecified atom stereocenters. The van der Waals surface area contributed by atoms with Gasteiger partial charge in [-0.1, -0.05) is 12.1 Å². The van der Waals surface area contributed by atoms with Crippen LogP contribution in [-0.2, 0) is 6.54 Å². The summed E-state index contributed by atoms with van der Waals surface area (Å²) in [6.07, 6.45) is 1.81. The normalized spacial score (nSPS) is 10.8. The van der Waals surface area contributed by atoms with Gasteiger partial charge in [0.05, 0.1) is 30.9 Å². The van der Waals surface area contributed by atoms with Crippen molar-refractivity contribution in [3.63, 3.8) is 0 Å². The number of rotatable bonds is 6. The lowest BCUT2D eigenvalue weighted by Gasteiger charge is -2.10. The molecule has 2 N–H and O–H groups in total. The highest BCUT2D eigenvalue weighted by molar-refractivity contribution is 5.81. The highest BCUT2D eigenvalue weighted by atomic mass is 16.5. The first-order valence-electron chi connectivity index (χ1n) is 8.89. The van der Waals surface area contributed by atoms with Gasteiger partial charge in [-0.15, -0.1) is 0 Å². The summed E-state index contributed by atoms with van der Waals surface area (Å²) in [4.78, 5) is 4.53. The van der Waals surface area contributed by atoms with Crippen LogP contribution in [0, 0.1) is 0 Å². The van der Waals surface area contributed by atoms with E-state index in [9.17, 15) is 5.11 Å². The Morgan fingerprint density at radius 3 is 2.68 bits per heavy atom. The fourth-order valence-electron chi connectivity index (χ4n) is 3.14. The van der Waals surface area contributed by atoms with Gasteiger partial charge in [0.2, 0.25) is 0 Å². The van der Waals surface area contributed by atoms with Gasteiger partial charge in [-0.05, 0) is 48.0 Å². The molecule has 0 amide bonds. The number of aromatic nitrogens is 2. The molecule has 6 heteroatoms. The summed E-state index contributed by atoms with van der Waals surface area (Å²) in [6.45, 7) is 0.583. The molecule has 0 bridgehead atoms. The fraction of sp³-hybridized carbons (Fsp3) is 0.136. The summed E-state index contributed by atoms with van der Waals surface area (Å²) >= 11 is 0. The molecule has 0 saturated heterocycles. The van der Waals surface area contributed by atoms with Crippen molar-refractivity contribution in [1.29, 1.82) is 0 Å². The molecule has 6 nitrogen and oxygen atoms in total. The van der Waals surface area contributed by atoms with Gasteiger partial charge < -0.3 is 19.9 Å². The van der Waals surface area contributed by atoms with Gasteiger partial charge in [0, 0.05) is 18.3 Å². The molecular weight excluding hydrogens is 354 g/mol. The van der Waals surface area contributed by atoms with E-state index < -0.39 is 0 Å². The van der Waals surface area contributed by atoms with Crippen molar-refractivity contribution in [3.05, 3.63) is 72.6 Å². The van der Waals surface area contributed by atoms with Gasteiger partial charge in [0.25, 0.3) is 0 Å². The van der Waals surface area contributed by atoms with E-state index in [-0.39, 0.29) is 5.75 Å². The molecule has 0 spiro atoms. The third-order valence-electron chi connectivity index (χ3n) is 4.62. The molecule has 28 heavy (non-hydrogen) atoms. The molecule has 4 rings (SSSR count). The maximum absolute atomic E-state index is 9.90. The van der Waals surface area contributed by atoms with Crippen molar-refractivity contribution >= 4 is 16.7 Å². The molecule has 4 aromatic rings. The Hall–Kier alpha value is -3.67. The number of phenols is 1. The summed E-state index contributed by atoms with van der Waals surface area (Å²) in [7, 11) is 3.19. The molecule has 0 fully saturated rings. The lowest BCUT2D eigenvalue weighted by Crippen LogP contribution is -1.99. The molecule has 0 aliphatic carbocycles. The second-order valence-corrected chi connectivity index (χ2v) is 6.38. The van der Waals surface area contributed by atoms with Gasteiger partial charge in [0.1, 0.15) is 12.1 Å². The maximum Gasteiger partial charge on any atom is 0.160 e. The maximum atomic E-state index is 9.90. The summed E-state index contributed by atoms with van der Waals surface area (Å²) in [5, 5.41) is 13.3. The highest BCUT2D eigenvalue weighted by Gasteiger charge is 2.07. The van der Waals surface area contributed by atoms with Gasteiger partial charge in [-0.2, -0.15) is 0 Å². The van der Waals surface area contributed by atoms with Crippen LogP contribution < -0.4 is 14.8 Å². The largest absolute Gasteiger partial charge is 0.504 e. The smallest absolute Gasteiger partial charge is 0.160 e. The van der Waals surface area contributed by atoms with E-state index in [4.69, 9.17) is 9.47 Å². The average molecular weight is 375 g/mol. The zero-order valence-electron chi connectivity index (χ0n) is 15.7. The van der Waals surface area contributed by atoms with Crippen LogP contribution in [0.4, 0.5) is 5.69 Å². The van der Waals surface area contributed by atoms with E-state index in [0.717, 1.165) is 33.7 Å². The number of ether oxygens (including phenoxy) is 2. The van der Waals surface area contributed by atoms with Crippen molar-refractivity contribution in [1.82, 2.24) is 9.55 Å². The Morgan fingerprint density at radius 2 is 1.89 bits per heavy atom. The van der Waals surface area contributed by atoms with Crippen molar-refractivity contribution in [2.45, 2.75) is 6.54 Å². The monoisotopic (exact) mass is 375 g/mol. The average Bonchev–Trinajstić information content (AvgIpc) is 3.15. The van der Waals surface area contributed by atoms with Crippen LogP contribution in [0.1, 0.15) is 5.56 Å². The molecule has 0 aliphatic heterocycles. The number of anilines is 1. The standard InChI is InChI=1S/C22H21N3O3/c1-27-18-5-3-4-17(12-18)25-14-24-19-11-16(7-8-20(19)25)23-13-15-6-9-22(28-2)21(26)10-15/h3-12,14,23,26H,13H2,1-2H3. The number of phenolic OH excluding ortho intramolecular Hbond substituents is 1. The molecule has 0 radical (unpaired) electrons. The van der Waals surface area contributed by atoms with Crippen molar-refractivity contribution in [2.24, 2.45) is 0 Å². The topological polar surface area (TPSA) is 68.5 Å². The van der Waals surface area contributed by atoms with E-state index >= 15 is 0 Å². The van der Waals surface area contributed by atoms with Crippen LogP contribution in [-0.4, -0.2) is 28.9 Å². The number of nitrogens with one attached hydrogen (secondary N) is 1. The minimum Gasteiger partial charge on any atom is -0.504 e. The minimum absolute atomic E-state index is 0.134. The predicted octanol–water partition coefficient (Wildman–Crippen LogP) is 4.36. The first kappa shape index (κ1) is 17.7. The number of imidazole rings is 1. The molecule has 142 valence electrons. The van der Waals surface area contributed by atoms with Crippen LogP contribution in [0.5, 0.6) is 17.2 Å². The van der Waals surface area contributed by atoms with Gasteiger partial charge in [0.15, 0.2) is 11.5 Å². The molecule has 0 aliphatic rings. The van der Waals surface area contributed by atoms with E-state index in [1.165, 1.54) is 7.11 Å². The summed E-state index contributed by atoms with van der Waals surface area (Å²) in [5.74, 6) is 1.41. The quantitative estimate of drug-likeness (QED) is 0.524. The molecule has 1 heterocycles. The lowest BCUT2D eigenvalue weighted by molar-refractivity contribution is 0.373. The van der Waals surface area contributed by atoms with E-state index in [1.54, 1.807) is 19.2 Å². The van der Waals surface area contributed by atoms with E-state index in [2.05, 4.69) is 10.3 Å². The number of fused-ring (bicyclic) bond motifs is 1. The number of aromatic hydroxyl groups is 1. The fourth-order valence-corrected chi connectivity index (χ4v) is 3.14. The zero-order valence-corrected chi connectivity index (χ0v) is 15.7. The van der Waals surface area contributed by atoms with Crippen LogP contribution in [0.25, 0.3) is 16.7 Å². The van der Waals surface area contributed by atoms with Gasteiger partial charge in [-0.25, -0.2) is 4.98 Å². The van der Waals surface area contributed by atoms with Crippen LogP contribution >= 0.6 is 0 Å². The molecule has 0 saturated carbocycles. The SMILES string of the molecule is COc1cccc(-n2cnc3cc(NCc4ccc(OC)c(O)c4)ccc32)c1. The zero-order chi connectivity index (χ0) is 19.5. The molecule has 3 aromatic carbocycles. The third kappa shape index (κ3) is 3.44. The lowest BCUT2D eigenvalue weighted by atomic mass is 10.2. The van der Waals surface area contributed by atoms with Crippen molar-refractivity contribution in [2.75, 3.05) is 19.5 Å². The van der Waals surface area contributed by atoms with Crippen LogP contribution in [0.15, 0.2) is 67.0 Å². The van der Waals surface area contributed by atoms with Crippen molar-refractivity contribution < 1.29 is 14.6 Å². The Kier molecular flexibility index (Phi) is 4.76. The summed E-state index contributed by atoms with van der Waals surface area (Å²) < 4.78 is 12.4. The van der Waals surface area contributed by atoms with E-state index in [1.807, 2.05) is 59.4 Å². The first-order chi connectivity index (χ1) is 13.7. The Bertz CT molecular complexity index is 1120. The van der Waals surface area contributed by atoms with E-state index in [0.29, 0.717) is 12.3 Å².